The van der Waals surface area contributed by atoms with E-state index in [1.807, 2.05) is 24.3 Å². The highest BCUT2D eigenvalue weighted by Gasteiger charge is 2.34. The number of nitrogens with zero attached hydrogens (tertiary/aromatic N) is 1. The maximum atomic E-state index is 10.4. The molecule has 38 heavy (non-hydrogen) atoms. The van der Waals surface area contributed by atoms with Crippen molar-refractivity contribution in [1.82, 2.24) is 4.90 Å². The van der Waals surface area contributed by atoms with Gasteiger partial charge in [0.2, 0.25) is 0 Å². The molecule has 0 bridgehead atoms. The van der Waals surface area contributed by atoms with Crippen LogP contribution in [0.15, 0.2) is 24.3 Å². The van der Waals surface area contributed by atoms with E-state index in [-0.39, 0.29) is 13.1 Å². The first-order valence-corrected chi connectivity index (χ1v) is 13.4. The number of thiol groups is 1. The first-order valence-electron chi connectivity index (χ1n) is 12.8. The molecule has 222 valence electrons. The summed E-state index contributed by atoms with van der Waals surface area (Å²) in [5.41, 5.74) is 1.10. The molecule has 0 saturated carbocycles. The summed E-state index contributed by atoms with van der Waals surface area (Å²) in [6.07, 6.45) is -10.8. The third-order valence-electron chi connectivity index (χ3n) is 6.28. The molecule has 10 N–H and O–H groups in total. The standard InChI is InChI=1S/C25H45NO11S/c27-13-20(31)24(35)22(33)18(29)11-26(12-19(30)23(34)25(36)21(32)14-28)9-3-1-2-4-10-37-17-7-5-16(15-38)6-8-17/h5-8,18-25,27-36,38H,1-4,9-15H2/t18-,19-,20+,21+,22+,23+,24+,25+/m0/s1. The zero-order valence-electron chi connectivity index (χ0n) is 21.5. The van der Waals surface area contributed by atoms with Crippen molar-refractivity contribution in [3.63, 3.8) is 0 Å². The second kappa shape index (κ2) is 19.1. The van der Waals surface area contributed by atoms with Crippen LogP contribution in [0.1, 0.15) is 31.2 Å². The number of aliphatic hydroxyl groups excluding tert-OH is 10. The molecule has 0 spiro atoms. The van der Waals surface area contributed by atoms with Gasteiger partial charge in [-0.3, -0.25) is 4.90 Å². The van der Waals surface area contributed by atoms with Gasteiger partial charge in [-0.05, 0) is 37.1 Å². The highest BCUT2D eigenvalue weighted by molar-refractivity contribution is 7.79. The lowest BCUT2D eigenvalue weighted by atomic mass is 10.0. The van der Waals surface area contributed by atoms with Gasteiger partial charge in [-0.2, -0.15) is 12.6 Å². The van der Waals surface area contributed by atoms with Crippen LogP contribution in [0.4, 0.5) is 0 Å². The molecule has 0 radical (unpaired) electrons. The number of ether oxygens (including phenoxy) is 1. The Balaban J connectivity index is 2.60. The zero-order valence-corrected chi connectivity index (χ0v) is 22.4. The first kappa shape index (κ1) is 35.0. The molecule has 0 fully saturated rings. The van der Waals surface area contributed by atoms with Crippen molar-refractivity contribution in [2.75, 3.05) is 39.5 Å². The van der Waals surface area contributed by atoms with Gasteiger partial charge < -0.3 is 55.8 Å². The Morgan fingerprint density at radius 3 is 1.53 bits per heavy atom. The van der Waals surface area contributed by atoms with Gasteiger partial charge in [0.1, 0.15) is 42.4 Å². The number of hydrogen-bond acceptors (Lipinski definition) is 13. The molecular weight excluding hydrogens is 522 g/mol. The largest absolute Gasteiger partial charge is 0.494 e. The van der Waals surface area contributed by atoms with Crippen LogP contribution >= 0.6 is 12.6 Å². The normalized spacial score (nSPS) is 18.4. The molecule has 0 amide bonds. The summed E-state index contributed by atoms with van der Waals surface area (Å²) in [5, 5.41) is 97.8. The molecule has 1 aromatic rings. The van der Waals surface area contributed by atoms with Crippen LogP contribution in [0.3, 0.4) is 0 Å². The van der Waals surface area contributed by atoms with E-state index in [1.165, 1.54) is 4.90 Å². The molecule has 1 rings (SSSR count). The molecule has 0 aliphatic rings. The van der Waals surface area contributed by atoms with Crippen molar-refractivity contribution in [3.05, 3.63) is 29.8 Å². The smallest absolute Gasteiger partial charge is 0.119 e. The summed E-state index contributed by atoms with van der Waals surface area (Å²) in [6, 6.07) is 7.66. The number of aliphatic hydroxyl groups is 10. The van der Waals surface area contributed by atoms with Gasteiger partial charge in [0.15, 0.2) is 0 Å². The number of rotatable bonds is 21. The van der Waals surface area contributed by atoms with E-state index in [0.717, 1.165) is 30.6 Å². The fourth-order valence-corrected chi connectivity index (χ4v) is 4.01. The lowest BCUT2D eigenvalue weighted by Crippen LogP contribution is -2.53. The minimum absolute atomic E-state index is 0.274. The average molecular weight is 568 g/mol. The number of hydrogen-bond donors (Lipinski definition) is 11. The van der Waals surface area contributed by atoms with Gasteiger partial charge in [0.25, 0.3) is 0 Å². The minimum atomic E-state index is -1.82. The van der Waals surface area contributed by atoms with E-state index < -0.39 is 62.0 Å². The van der Waals surface area contributed by atoms with Gasteiger partial charge in [-0.1, -0.05) is 25.0 Å². The lowest BCUT2D eigenvalue weighted by Gasteiger charge is -2.33. The van der Waals surface area contributed by atoms with E-state index >= 15 is 0 Å². The van der Waals surface area contributed by atoms with E-state index in [9.17, 15) is 40.9 Å². The summed E-state index contributed by atoms with van der Waals surface area (Å²) in [7, 11) is 0. The average Bonchev–Trinajstić information content (AvgIpc) is 2.93. The number of benzene rings is 1. The van der Waals surface area contributed by atoms with Crippen LogP contribution in [0.25, 0.3) is 0 Å². The van der Waals surface area contributed by atoms with Gasteiger partial charge in [-0.25, -0.2) is 0 Å². The van der Waals surface area contributed by atoms with E-state index in [1.54, 1.807) is 0 Å². The van der Waals surface area contributed by atoms with Gasteiger partial charge in [0.05, 0.1) is 32.0 Å². The summed E-state index contributed by atoms with van der Waals surface area (Å²) < 4.78 is 5.71. The van der Waals surface area contributed by atoms with Crippen LogP contribution < -0.4 is 4.74 Å². The molecule has 0 aromatic heterocycles. The highest BCUT2D eigenvalue weighted by atomic mass is 32.1. The van der Waals surface area contributed by atoms with Crippen LogP contribution in [-0.2, 0) is 5.75 Å². The van der Waals surface area contributed by atoms with E-state index in [2.05, 4.69) is 12.6 Å². The van der Waals surface area contributed by atoms with E-state index in [4.69, 9.17) is 14.9 Å². The fraction of sp³-hybridized carbons (Fsp3) is 0.760. The molecule has 1 aromatic carbocycles. The highest BCUT2D eigenvalue weighted by Crippen LogP contribution is 2.15. The molecule has 12 nitrogen and oxygen atoms in total. The van der Waals surface area contributed by atoms with Gasteiger partial charge in [0, 0.05) is 18.8 Å². The quantitative estimate of drug-likeness (QED) is 0.0538. The first-order chi connectivity index (χ1) is 18.0. The Bertz CT molecular complexity index is 702. The second-order valence-corrected chi connectivity index (χ2v) is 9.74. The van der Waals surface area contributed by atoms with Crippen molar-refractivity contribution in [2.24, 2.45) is 0 Å². The summed E-state index contributed by atoms with van der Waals surface area (Å²) >= 11 is 4.22. The molecule has 8 atom stereocenters. The minimum Gasteiger partial charge on any atom is -0.494 e. The summed E-state index contributed by atoms with van der Waals surface area (Å²) in [4.78, 5) is 1.50. The van der Waals surface area contributed by atoms with Crippen LogP contribution in [0.2, 0.25) is 0 Å². The van der Waals surface area contributed by atoms with Crippen molar-refractivity contribution in [3.8, 4) is 5.75 Å². The predicted molar refractivity (Wildman–Crippen MR) is 142 cm³/mol. The molecular formula is C25H45NO11S. The monoisotopic (exact) mass is 567 g/mol. The Morgan fingerprint density at radius 1 is 0.632 bits per heavy atom. The van der Waals surface area contributed by atoms with Crippen LogP contribution in [0, 0.1) is 0 Å². The third-order valence-corrected chi connectivity index (χ3v) is 6.65. The molecule has 0 heterocycles. The Kier molecular flexibility index (Phi) is 17.6. The van der Waals surface area contributed by atoms with Gasteiger partial charge in [-0.15, -0.1) is 0 Å². The van der Waals surface area contributed by atoms with Crippen LogP contribution in [0.5, 0.6) is 5.75 Å². The number of unbranched alkanes of at least 4 members (excludes halogenated alkanes) is 3. The topological polar surface area (TPSA) is 215 Å². The van der Waals surface area contributed by atoms with Crippen molar-refractivity contribution < 1.29 is 55.8 Å². The van der Waals surface area contributed by atoms with Crippen molar-refractivity contribution >= 4 is 12.6 Å². The fourth-order valence-electron chi connectivity index (χ4n) is 3.80. The summed E-state index contributed by atoms with van der Waals surface area (Å²) in [6.45, 7) is -1.37. The molecule has 0 saturated heterocycles. The maximum Gasteiger partial charge on any atom is 0.119 e. The van der Waals surface area contributed by atoms with Crippen LogP contribution in [-0.4, -0.2) is 144 Å². The van der Waals surface area contributed by atoms with E-state index in [0.29, 0.717) is 25.3 Å². The molecule has 0 aliphatic heterocycles. The van der Waals surface area contributed by atoms with Crippen molar-refractivity contribution in [1.29, 1.82) is 0 Å². The Labute approximate surface area is 228 Å². The SMILES string of the molecule is OC[C@@H](O)[C@@H](O)[C@H](O)[C@@H](O)CN(CCCCCCOc1ccc(CS)cc1)C[C@H](O)[C@@H](O)[C@H](O)[C@H](O)CO. The molecule has 13 heteroatoms. The zero-order chi connectivity index (χ0) is 28.7. The predicted octanol–water partition coefficient (Wildman–Crippen LogP) is -2.77. The summed E-state index contributed by atoms with van der Waals surface area (Å²) in [5.74, 6) is 1.42. The van der Waals surface area contributed by atoms with Crippen molar-refractivity contribution in [2.45, 2.75) is 80.3 Å². The van der Waals surface area contributed by atoms with Gasteiger partial charge >= 0.3 is 0 Å². The molecule has 0 unspecified atom stereocenters. The maximum absolute atomic E-state index is 10.4. The lowest BCUT2D eigenvalue weighted by molar-refractivity contribution is -0.130. The Morgan fingerprint density at radius 2 is 1.08 bits per heavy atom. The third kappa shape index (κ3) is 12.4. The molecule has 0 aliphatic carbocycles. The second-order valence-electron chi connectivity index (χ2n) is 9.42. The Hall–Kier alpha value is -1.07.